The number of amides is 1. The highest BCUT2D eigenvalue weighted by atomic mass is 32.2. The molecular formula is C13H19FN2O3S. The minimum atomic E-state index is -3.63. The van der Waals surface area contributed by atoms with Crippen LogP contribution in [0.4, 0.5) is 4.39 Å². The fourth-order valence-electron chi connectivity index (χ4n) is 1.63. The van der Waals surface area contributed by atoms with Crippen molar-refractivity contribution in [2.75, 3.05) is 13.1 Å². The van der Waals surface area contributed by atoms with Crippen molar-refractivity contribution < 1.29 is 17.6 Å². The predicted molar refractivity (Wildman–Crippen MR) is 74.3 cm³/mol. The van der Waals surface area contributed by atoms with Crippen LogP contribution in [0, 0.1) is 5.82 Å². The maximum atomic E-state index is 12.8. The van der Waals surface area contributed by atoms with E-state index in [9.17, 15) is 17.6 Å². The lowest BCUT2D eigenvalue weighted by Gasteiger charge is -2.13. The fraction of sp³-hybridized carbons (Fsp3) is 0.462. The summed E-state index contributed by atoms with van der Waals surface area (Å²) >= 11 is 0. The van der Waals surface area contributed by atoms with Crippen molar-refractivity contribution >= 4 is 15.7 Å². The number of hydrogen-bond acceptors (Lipinski definition) is 4. The Bertz CT molecular complexity index is 543. The molecule has 3 N–H and O–H groups in total. The van der Waals surface area contributed by atoms with Crippen LogP contribution in [0.15, 0.2) is 29.2 Å². The van der Waals surface area contributed by atoms with Crippen LogP contribution in [0.3, 0.4) is 0 Å². The van der Waals surface area contributed by atoms with Crippen molar-refractivity contribution in [3.8, 4) is 0 Å². The van der Waals surface area contributed by atoms with E-state index < -0.39 is 20.9 Å². The summed E-state index contributed by atoms with van der Waals surface area (Å²) in [5, 5.41) is 1.73. The van der Waals surface area contributed by atoms with Gasteiger partial charge in [-0.25, -0.2) is 12.8 Å². The normalized spacial score (nSPS) is 12.9. The van der Waals surface area contributed by atoms with Gasteiger partial charge < -0.3 is 11.1 Å². The van der Waals surface area contributed by atoms with Gasteiger partial charge in [0.05, 0.1) is 10.1 Å². The summed E-state index contributed by atoms with van der Waals surface area (Å²) in [5.41, 5.74) is 5.30. The zero-order valence-electron chi connectivity index (χ0n) is 11.3. The smallest absolute Gasteiger partial charge is 0.221 e. The molecule has 0 aromatic heterocycles. The SMILES string of the molecule is CC(CC(=O)NCCCN)S(=O)(=O)c1ccc(F)cc1. The van der Waals surface area contributed by atoms with Crippen molar-refractivity contribution in [2.45, 2.75) is 29.9 Å². The van der Waals surface area contributed by atoms with E-state index in [0.717, 1.165) is 12.1 Å². The van der Waals surface area contributed by atoms with Gasteiger partial charge in [-0.05, 0) is 44.2 Å². The summed E-state index contributed by atoms with van der Waals surface area (Å²) in [6, 6.07) is 4.57. The van der Waals surface area contributed by atoms with Crippen LogP contribution in [0.1, 0.15) is 19.8 Å². The molecule has 0 aliphatic carbocycles. The summed E-state index contributed by atoms with van der Waals surface area (Å²) in [5.74, 6) is -0.840. The maximum absolute atomic E-state index is 12.8. The lowest BCUT2D eigenvalue weighted by Crippen LogP contribution is -2.31. The molecule has 1 aromatic carbocycles. The molecule has 0 fully saturated rings. The van der Waals surface area contributed by atoms with E-state index in [4.69, 9.17) is 5.73 Å². The molecule has 0 saturated carbocycles. The third kappa shape index (κ3) is 4.57. The number of carbonyl (C=O) groups excluding carboxylic acids is 1. The van der Waals surface area contributed by atoms with Gasteiger partial charge in [0.2, 0.25) is 5.91 Å². The molecule has 1 rings (SSSR count). The van der Waals surface area contributed by atoms with Crippen molar-refractivity contribution in [3.05, 3.63) is 30.1 Å². The van der Waals surface area contributed by atoms with Crippen molar-refractivity contribution in [2.24, 2.45) is 5.73 Å². The molecule has 0 spiro atoms. The second kappa shape index (κ2) is 7.35. The fourth-order valence-corrected chi connectivity index (χ4v) is 2.98. The van der Waals surface area contributed by atoms with E-state index in [0.29, 0.717) is 19.5 Å². The van der Waals surface area contributed by atoms with Crippen molar-refractivity contribution in [1.82, 2.24) is 5.32 Å². The van der Waals surface area contributed by atoms with E-state index in [1.54, 1.807) is 0 Å². The van der Waals surface area contributed by atoms with Gasteiger partial charge in [0.25, 0.3) is 0 Å². The lowest BCUT2D eigenvalue weighted by atomic mass is 10.3. The summed E-state index contributed by atoms with van der Waals surface area (Å²) in [7, 11) is -3.63. The molecule has 1 aromatic rings. The molecule has 1 amide bonds. The van der Waals surface area contributed by atoms with E-state index in [2.05, 4.69) is 5.32 Å². The molecule has 0 bridgehead atoms. The van der Waals surface area contributed by atoms with Gasteiger partial charge in [0.1, 0.15) is 5.82 Å². The molecular weight excluding hydrogens is 283 g/mol. The highest BCUT2D eigenvalue weighted by Gasteiger charge is 2.25. The summed E-state index contributed by atoms with van der Waals surface area (Å²) in [4.78, 5) is 11.6. The first-order chi connectivity index (χ1) is 9.37. The Kier molecular flexibility index (Phi) is 6.09. The Hall–Kier alpha value is -1.47. The number of sulfone groups is 1. The van der Waals surface area contributed by atoms with Gasteiger partial charge in [-0.1, -0.05) is 0 Å². The number of nitrogens with two attached hydrogens (primary N) is 1. The van der Waals surface area contributed by atoms with Crippen LogP contribution in [-0.2, 0) is 14.6 Å². The maximum Gasteiger partial charge on any atom is 0.221 e. The highest BCUT2D eigenvalue weighted by molar-refractivity contribution is 7.92. The second-order valence-corrected chi connectivity index (χ2v) is 6.87. The first kappa shape index (κ1) is 16.6. The molecule has 0 aliphatic rings. The average molecular weight is 302 g/mol. The molecule has 1 atom stereocenters. The van der Waals surface area contributed by atoms with Gasteiger partial charge in [-0.3, -0.25) is 4.79 Å². The molecule has 20 heavy (non-hydrogen) atoms. The van der Waals surface area contributed by atoms with E-state index in [-0.39, 0.29) is 17.2 Å². The van der Waals surface area contributed by atoms with Gasteiger partial charge >= 0.3 is 0 Å². The van der Waals surface area contributed by atoms with Crippen LogP contribution in [-0.4, -0.2) is 32.7 Å². The van der Waals surface area contributed by atoms with Crippen LogP contribution < -0.4 is 11.1 Å². The Labute approximate surface area is 118 Å². The summed E-state index contributed by atoms with van der Waals surface area (Å²) in [6.07, 6.45) is 0.509. The van der Waals surface area contributed by atoms with Crippen LogP contribution in [0.25, 0.3) is 0 Å². The van der Waals surface area contributed by atoms with Crippen LogP contribution in [0.2, 0.25) is 0 Å². The van der Waals surface area contributed by atoms with E-state index in [1.165, 1.54) is 19.1 Å². The minimum absolute atomic E-state index is 0.0150. The molecule has 0 radical (unpaired) electrons. The van der Waals surface area contributed by atoms with Gasteiger partial charge in [0, 0.05) is 13.0 Å². The predicted octanol–water partition coefficient (Wildman–Crippen LogP) is 0.843. The average Bonchev–Trinajstić information content (AvgIpc) is 2.39. The van der Waals surface area contributed by atoms with Crippen LogP contribution in [0.5, 0.6) is 0 Å². The Morgan fingerprint density at radius 2 is 1.95 bits per heavy atom. The van der Waals surface area contributed by atoms with Gasteiger partial charge in [-0.2, -0.15) is 0 Å². The standard InChI is InChI=1S/C13H19FN2O3S/c1-10(9-13(17)16-8-2-7-15)20(18,19)12-5-3-11(14)4-6-12/h3-6,10H,2,7-9,15H2,1H3,(H,16,17). The molecule has 1 unspecified atom stereocenters. The molecule has 0 heterocycles. The molecule has 7 heteroatoms. The van der Waals surface area contributed by atoms with E-state index in [1.807, 2.05) is 0 Å². The Balaban J connectivity index is 2.68. The quantitative estimate of drug-likeness (QED) is 0.577. The topological polar surface area (TPSA) is 89.3 Å². The number of halogens is 1. The Morgan fingerprint density at radius 1 is 1.35 bits per heavy atom. The lowest BCUT2D eigenvalue weighted by molar-refractivity contribution is -0.121. The first-order valence-corrected chi connectivity index (χ1v) is 7.88. The zero-order chi connectivity index (χ0) is 15.2. The van der Waals surface area contributed by atoms with Crippen molar-refractivity contribution in [1.29, 1.82) is 0 Å². The highest BCUT2D eigenvalue weighted by Crippen LogP contribution is 2.18. The number of rotatable bonds is 7. The largest absolute Gasteiger partial charge is 0.356 e. The summed E-state index contributed by atoms with van der Waals surface area (Å²) in [6.45, 7) is 2.35. The number of carbonyl (C=O) groups is 1. The summed E-state index contributed by atoms with van der Waals surface area (Å²) < 4.78 is 37.2. The molecule has 0 aliphatic heterocycles. The number of nitrogens with one attached hydrogen (secondary N) is 1. The molecule has 5 nitrogen and oxygen atoms in total. The third-order valence-electron chi connectivity index (χ3n) is 2.85. The second-order valence-electron chi connectivity index (χ2n) is 4.51. The van der Waals surface area contributed by atoms with E-state index >= 15 is 0 Å². The number of hydrogen-bond donors (Lipinski definition) is 2. The van der Waals surface area contributed by atoms with Gasteiger partial charge in [-0.15, -0.1) is 0 Å². The van der Waals surface area contributed by atoms with Crippen LogP contribution >= 0.6 is 0 Å². The molecule has 0 saturated heterocycles. The minimum Gasteiger partial charge on any atom is -0.356 e. The first-order valence-electron chi connectivity index (χ1n) is 6.34. The van der Waals surface area contributed by atoms with Gasteiger partial charge in [0.15, 0.2) is 9.84 Å². The monoisotopic (exact) mass is 302 g/mol. The zero-order valence-corrected chi connectivity index (χ0v) is 12.1. The third-order valence-corrected chi connectivity index (χ3v) is 5.00. The molecule has 112 valence electrons. The Morgan fingerprint density at radius 3 is 2.50 bits per heavy atom. The van der Waals surface area contributed by atoms with Crippen molar-refractivity contribution in [3.63, 3.8) is 0 Å². The number of benzene rings is 1.